The minimum absolute atomic E-state index is 0.233. The van der Waals surface area contributed by atoms with Crippen molar-refractivity contribution in [2.24, 2.45) is 0 Å². The summed E-state index contributed by atoms with van der Waals surface area (Å²) in [5, 5.41) is 3.16. The molecule has 1 saturated heterocycles. The van der Waals surface area contributed by atoms with Crippen LogP contribution in [0.5, 0.6) is 0 Å². The van der Waals surface area contributed by atoms with Gasteiger partial charge in [0.15, 0.2) is 0 Å². The molecule has 1 atom stereocenters. The first-order chi connectivity index (χ1) is 9.70. The van der Waals surface area contributed by atoms with Gasteiger partial charge in [-0.3, -0.25) is 15.0 Å². The Hall–Kier alpha value is -1.83. The molecule has 106 valence electrons. The molecule has 0 amide bonds. The molecule has 0 aliphatic carbocycles. The highest BCUT2D eigenvalue weighted by atomic mass is 16.5. The summed E-state index contributed by atoms with van der Waals surface area (Å²) in [6, 6.07) is 10.2. The van der Waals surface area contributed by atoms with Gasteiger partial charge < -0.3 is 4.74 Å². The predicted octanol–water partition coefficient (Wildman–Crippen LogP) is 1.03. The Kier molecular flexibility index (Phi) is 4.78. The van der Waals surface area contributed by atoms with Gasteiger partial charge in [0, 0.05) is 19.6 Å². The zero-order valence-electron chi connectivity index (χ0n) is 11.8. The molecule has 1 aromatic carbocycles. The zero-order valence-corrected chi connectivity index (χ0v) is 11.8. The van der Waals surface area contributed by atoms with Gasteiger partial charge in [0.05, 0.1) is 13.7 Å². The van der Waals surface area contributed by atoms with E-state index in [4.69, 9.17) is 11.2 Å². The Bertz CT molecular complexity index is 495. The Morgan fingerprint density at radius 1 is 1.50 bits per heavy atom. The van der Waals surface area contributed by atoms with Crippen LogP contribution in [0.1, 0.15) is 12.0 Å². The number of benzene rings is 1. The van der Waals surface area contributed by atoms with Crippen molar-refractivity contribution in [1.82, 2.24) is 10.2 Å². The largest absolute Gasteiger partial charge is 0.468 e. The molecule has 4 heteroatoms. The highest BCUT2D eigenvalue weighted by Gasteiger charge is 2.45. The van der Waals surface area contributed by atoms with Crippen molar-refractivity contribution in [2.75, 3.05) is 26.7 Å². The third-order valence-electron chi connectivity index (χ3n) is 3.70. The first kappa shape index (κ1) is 14.6. The van der Waals surface area contributed by atoms with E-state index < -0.39 is 5.54 Å². The first-order valence-electron chi connectivity index (χ1n) is 6.73. The number of terminal acetylenes is 1. The van der Waals surface area contributed by atoms with E-state index >= 15 is 0 Å². The minimum atomic E-state index is -0.671. The molecule has 4 nitrogen and oxygen atoms in total. The zero-order chi connectivity index (χ0) is 14.4. The Balaban J connectivity index is 2.03. The summed E-state index contributed by atoms with van der Waals surface area (Å²) in [6.45, 7) is 2.67. The molecule has 0 bridgehead atoms. The van der Waals surface area contributed by atoms with E-state index in [1.54, 1.807) is 0 Å². The first-order valence-corrected chi connectivity index (χ1v) is 6.73. The van der Waals surface area contributed by atoms with Crippen LogP contribution < -0.4 is 5.32 Å². The van der Waals surface area contributed by atoms with Gasteiger partial charge in [-0.25, -0.2) is 0 Å². The standard InChI is InChI=1S/C16H20N2O2/c1-3-10-17-16(15(19)20-2)9-11-18(13-16)12-14-7-5-4-6-8-14/h1,4-8,17H,9-13H2,2H3. The fourth-order valence-electron chi connectivity index (χ4n) is 2.66. The number of carbonyl (C=O) groups is 1. The van der Waals surface area contributed by atoms with Crippen LogP contribution in [-0.4, -0.2) is 43.2 Å². The maximum atomic E-state index is 12.1. The van der Waals surface area contributed by atoms with Gasteiger partial charge in [-0.1, -0.05) is 36.3 Å². The summed E-state index contributed by atoms with van der Waals surface area (Å²) < 4.78 is 4.94. The lowest BCUT2D eigenvalue weighted by molar-refractivity contribution is -0.148. The van der Waals surface area contributed by atoms with Crippen LogP contribution in [-0.2, 0) is 16.1 Å². The lowest BCUT2D eigenvalue weighted by Crippen LogP contribution is -2.54. The van der Waals surface area contributed by atoms with Gasteiger partial charge in [-0.2, -0.15) is 0 Å². The van der Waals surface area contributed by atoms with Gasteiger partial charge in [-0.05, 0) is 12.0 Å². The Morgan fingerprint density at radius 3 is 2.90 bits per heavy atom. The van der Waals surface area contributed by atoms with E-state index in [0.717, 1.165) is 13.1 Å². The van der Waals surface area contributed by atoms with Crippen LogP contribution in [0.3, 0.4) is 0 Å². The lowest BCUT2D eigenvalue weighted by Gasteiger charge is -2.27. The van der Waals surface area contributed by atoms with Crippen molar-refractivity contribution in [3.05, 3.63) is 35.9 Å². The molecule has 1 N–H and O–H groups in total. The maximum Gasteiger partial charge on any atom is 0.327 e. The van der Waals surface area contributed by atoms with E-state index in [2.05, 4.69) is 28.3 Å². The fourth-order valence-corrected chi connectivity index (χ4v) is 2.66. The fraction of sp³-hybridized carbons (Fsp3) is 0.438. The normalized spacial score (nSPS) is 22.4. The van der Waals surface area contributed by atoms with Gasteiger partial charge in [0.25, 0.3) is 0 Å². The molecule has 0 aromatic heterocycles. The number of methoxy groups -OCH3 is 1. The molecule has 0 spiro atoms. The molecule has 0 radical (unpaired) electrons. The number of rotatable bonds is 5. The van der Waals surface area contributed by atoms with Crippen molar-refractivity contribution in [3.63, 3.8) is 0 Å². The van der Waals surface area contributed by atoms with Gasteiger partial charge in [0.1, 0.15) is 5.54 Å². The molecule has 1 fully saturated rings. The summed E-state index contributed by atoms with van der Waals surface area (Å²) in [5.74, 6) is 2.29. The van der Waals surface area contributed by atoms with Crippen LogP contribution in [0.15, 0.2) is 30.3 Å². The average molecular weight is 272 g/mol. The summed E-state index contributed by atoms with van der Waals surface area (Å²) in [4.78, 5) is 14.3. The van der Waals surface area contributed by atoms with Crippen molar-refractivity contribution in [1.29, 1.82) is 0 Å². The minimum Gasteiger partial charge on any atom is -0.468 e. The van der Waals surface area contributed by atoms with Crippen molar-refractivity contribution >= 4 is 5.97 Å². The van der Waals surface area contributed by atoms with Gasteiger partial charge in [-0.15, -0.1) is 6.42 Å². The second-order valence-electron chi connectivity index (χ2n) is 5.08. The number of hydrogen-bond donors (Lipinski definition) is 1. The van der Waals surface area contributed by atoms with Crippen LogP contribution in [0.2, 0.25) is 0 Å². The van der Waals surface area contributed by atoms with Crippen LogP contribution in [0, 0.1) is 12.3 Å². The van der Waals surface area contributed by atoms with E-state index in [1.165, 1.54) is 12.7 Å². The number of nitrogens with zero attached hydrogens (tertiary/aromatic N) is 1. The second-order valence-corrected chi connectivity index (χ2v) is 5.08. The topological polar surface area (TPSA) is 41.6 Å². The van der Waals surface area contributed by atoms with Crippen molar-refractivity contribution in [3.8, 4) is 12.3 Å². The van der Waals surface area contributed by atoms with Crippen LogP contribution in [0.4, 0.5) is 0 Å². The van der Waals surface area contributed by atoms with Gasteiger partial charge >= 0.3 is 5.97 Å². The van der Waals surface area contributed by atoms with Crippen LogP contribution in [0.25, 0.3) is 0 Å². The number of likely N-dealkylation sites (tertiary alicyclic amines) is 1. The number of hydrogen-bond acceptors (Lipinski definition) is 4. The highest BCUT2D eigenvalue weighted by molar-refractivity contribution is 5.81. The molecule has 0 saturated carbocycles. The van der Waals surface area contributed by atoms with Crippen molar-refractivity contribution < 1.29 is 9.53 Å². The maximum absolute atomic E-state index is 12.1. The highest BCUT2D eigenvalue weighted by Crippen LogP contribution is 2.24. The van der Waals surface area contributed by atoms with Crippen LogP contribution >= 0.6 is 0 Å². The molecular formula is C16H20N2O2. The van der Waals surface area contributed by atoms with E-state index in [-0.39, 0.29) is 5.97 Å². The number of esters is 1. The number of nitrogens with one attached hydrogen (secondary N) is 1. The van der Waals surface area contributed by atoms with Crippen molar-refractivity contribution in [2.45, 2.75) is 18.5 Å². The van der Waals surface area contributed by atoms with E-state index in [1.807, 2.05) is 18.2 Å². The molecule has 1 heterocycles. The molecule has 1 aliphatic rings. The average Bonchev–Trinajstić information content (AvgIpc) is 2.90. The summed E-state index contributed by atoms with van der Waals surface area (Å²) in [5.41, 5.74) is 0.570. The molecule has 2 rings (SSSR count). The summed E-state index contributed by atoms with van der Waals surface area (Å²) >= 11 is 0. The third kappa shape index (κ3) is 3.19. The van der Waals surface area contributed by atoms with Gasteiger partial charge in [0.2, 0.25) is 0 Å². The lowest BCUT2D eigenvalue weighted by atomic mass is 9.99. The van der Waals surface area contributed by atoms with E-state index in [9.17, 15) is 4.79 Å². The number of carbonyl (C=O) groups excluding carboxylic acids is 1. The monoisotopic (exact) mass is 272 g/mol. The molecular weight excluding hydrogens is 252 g/mol. The second kappa shape index (κ2) is 6.56. The third-order valence-corrected chi connectivity index (χ3v) is 3.70. The smallest absolute Gasteiger partial charge is 0.327 e. The summed E-state index contributed by atoms with van der Waals surface area (Å²) in [7, 11) is 1.42. The Labute approximate surface area is 120 Å². The number of ether oxygens (including phenoxy) is 1. The molecule has 1 aliphatic heterocycles. The quantitative estimate of drug-likeness (QED) is 0.642. The molecule has 20 heavy (non-hydrogen) atoms. The predicted molar refractivity (Wildman–Crippen MR) is 77.9 cm³/mol. The Morgan fingerprint density at radius 2 is 2.25 bits per heavy atom. The molecule has 1 aromatic rings. The molecule has 1 unspecified atom stereocenters. The summed E-state index contributed by atoms with van der Waals surface area (Å²) in [6.07, 6.45) is 6.00. The van der Waals surface area contributed by atoms with E-state index in [0.29, 0.717) is 19.5 Å². The SMILES string of the molecule is C#CCNC1(C(=O)OC)CCN(Cc2ccccc2)C1.